The van der Waals surface area contributed by atoms with Gasteiger partial charge < -0.3 is 0 Å². The molecule has 72 valence electrons. The number of hydrogen-bond acceptors (Lipinski definition) is 1. The number of Topliss-reactive ketones (excluding diaryl/α,β-unsaturated/α-hetero) is 1. The zero-order valence-corrected chi connectivity index (χ0v) is 7.24. The molecular formula is C8H13F3O. The summed E-state index contributed by atoms with van der Waals surface area (Å²) in [7, 11) is 0. The lowest BCUT2D eigenvalue weighted by Crippen LogP contribution is -2.27. The molecule has 1 atom stereocenters. The Morgan fingerprint density at radius 2 is 1.92 bits per heavy atom. The number of hydrogen-bond donors (Lipinski definition) is 0. The first-order valence-electron chi connectivity index (χ1n) is 3.99. The van der Waals surface area contributed by atoms with Crippen LogP contribution in [0.5, 0.6) is 0 Å². The number of ketones is 1. The summed E-state index contributed by atoms with van der Waals surface area (Å²) in [6.07, 6.45) is -3.04. The van der Waals surface area contributed by atoms with Crippen molar-refractivity contribution in [2.75, 3.05) is 0 Å². The highest BCUT2D eigenvalue weighted by Crippen LogP contribution is 2.27. The van der Waals surface area contributed by atoms with Crippen molar-refractivity contribution in [3.05, 3.63) is 0 Å². The molecule has 0 aliphatic heterocycles. The molecule has 0 saturated heterocycles. The van der Waals surface area contributed by atoms with E-state index in [-0.39, 0.29) is 6.42 Å². The molecule has 1 nitrogen and oxygen atoms in total. The first-order valence-corrected chi connectivity index (χ1v) is 3.99. The van der Waals surface area contributed by atoms with E-state index in [1.54, 1.807) is 0 Å². The molecule has 12 heavy (non-hydrogen) atoms. The van der Waals surface area contributed by atoms with Crippen LogP contribution in [0.15, 0.2) is 0 Å². The zero-order chi connectivity index (χ0) is 9.78. The Bertz CT molecular complexity index is 151. The fraction of sp³-hybridized carbons (Fsp3) is 0.875. The number of alkyl halides is 3. The lowest BCUT2D eigenvalue weighted by atomic mass is 10.0. The summed E-state index contributed by atoms with van der Waals surface area (Å²) in [6, 6.07) is 0. The molecule has 0 rings (SSSR count). The van der Waals surface area contributed by atoms with Crippen LogP contribution in [0, 0.1) is 5.92 Å². The molecule has 0 aliphatic carbocycles. The van der Waals surface area contributed by atoms with E-state index in [9.17, 15) is 18.0 Å². The predicted molar refractivity (Wildman–Crippen MR) is 39.8 cm³/mol. The smallest absolute Gasteiger partial charge is 0.299 e. The van der Waals surface area contributed by atoms with Crippen LogP contribution in [-0.4, -0.2) is 12.0 Å². The molecule has 0 N–H and O–H groups in total. The summed E-state index contributed by atoms with van der Waals surface area (Å²) in [4.78, 5) is 10.8. The van der Waals surface area contributed by atoms with Crippen molar-refractivity contribution in [2.45, 2.75) is 39.3 Å². The fourth-order valence-electron chi connectivity index (χ4n) is 0.750. The Balaban J connectivity index is 3.94. The third-order valence-corrected chi connectivity index (χ3v) is 1.75. The van der Waals surface area contributed by atoms with Crippen molar-refractivity contribution < 1.29 is 18.0 Å². The van der Waals surface area contributed by atoms with Gasteiger partial charge in [-0.15, -0.1) is 0 Å². The summed E-state index contributed by atoms with van der Waals surface area (Å²) >= 11 is 0. The van der Waals surface area contributed by atoms with E-state index in [1.807, 2.05) is 6.92 Å². The first kappa shape index (κ1) is 11.5. The molecular weight excluding hydrogens is 169 g/mol. The van der Waals surface area contributed by atoms with Gasteiger partial charge in [-0.1, -0.05) is 13.3 Å². The fourth-order valence-corrected chi connectivity index (χ4v) is 0.750. The van der Waals surface area contributed by atoms with Crippen LogP contribution in [-0.2, 0) is 4.79 Å². The molecule has 0 heterocycles. The Hall–Kier alpha value is -0.540. The van der Waals surface area contributed by atoms with E-state index in [0.29, 0.717) is 6.42 Å². The van der Waals surface area contributed by atoms with Crippen molar-refractivity contribution in [3.63, 3.8) is 0 Å². The maximum absolute atomic E-state index is 11.9. The maximum Gasteiger partial charge on any atom is 0.398 e. The molecule has 0 aromatic carbocycles. The Morgan fingerprint density at radius 1 is 1.42 bits per heavy atom. The van der Waals surface area contributed by atoms with Gasteiger partial charge in [-0.2, -0.15) is 13.2 Å². The van der Waals surface area contributed by atoms with Crippen molar-refractivity contribution in [1.82, 2.24) is 0 Å². The van der Waals surface area contributed by atoms with Gasteiger partial charge in [0.05, 0.1) is 0 Å². The largest absolute Gasteiger partial charge is 0.398 e. The Labute approximate surface area is 70.0 Å². The molecule has 1 unspecified atom stereocenters. The second-order valence-corrected chi connectivity index (χ2v) is 2.83. The minimum atomic E-state index is -4.37. The van der Waals surface area contributed by atoms with E-state index in [4.69, 9.17) is 0 Å². The van der Waals surface area contributed by atoms with Gasteiger partial charge in [0.2, 0.25) is 0 Å². The number of carbonyl (C=O) groups is 1. The lowest BCUT2D eigenvalue weighted by Gasteiger charge is -2.13. The quantitative estimate of drug-likeness (QED) is 0.653. The molecule has 0 bridgehead atoms. The summed E-state index contributed by atoms with van der Waals surface area (Å²) < 4.78 is 35.7. The normalized spacial score (nSPS) is 14.4. The van der Waals surface area contributed by atoms with Crippen LogP contribution < -0.4 is 0 Å². The maximum atomic E-state index is 11.9. The molecule has 0 amide bonds. The van der Waals surface area contributed by atoms with Crippen LogP contribution in [0.1, 0.15) is 33.1 Å². The summed E-state index contributed by atoms with van der Waals surface area (Å²) in [5.41, 5.74) is 0. The van der Waals surface area contributed by atoms with E-state index in [1.165, 1.54) is 0 Å². The number of carbonyl (C=O) groups excluding carboxylic acids is 1. The first-order chi connectivity index (χ1) is 5.39. The third kappa shape index (κ3) is 3.74. The Morgan fingerprint density at radius 3 is 2.25 bits per heavy atom. The Kier molecular flexibility index (Phi) is 4.28. The second kappa shape index (κ2) is 4.48. The van der Waals surface area contributed by atoms with Crippen LogP contribution in [0.3, 0.4) is 0 Å². The van der Waals surface area contributed by atoms with Crippen LogP contribution in [0.25, 0.3) is 0 Å². The van der Waals surface area contributed by atoms with E-state index < -0.39 is 17.9 Å². The summed E-state index contributed by atoms with van der Waals surface area (Å²) in [6.45, 7) is 2.75. The van der Waals surface area contributed by atoms with E-state index in [0.717, 1.165) is 13.3 Å². The summed E-state index contributed by atoms with van der Waals surface area (Å²) in [5.74, 6) is -2.51. The van der Waals surface area contributed by atoms with Gasteiger partial charge in [-0.05, 0) is 13.3 Å². The molecule has 4 heteroatoms. The zero-order valence-electron chi connectivity index (χ0n) is 7.24. The van der Waals surface area contributed by atoms with Gasteiger partial charge in [0.25, 0.3) is 0 Å². The van der Waals surface area contributed by atoms with Crippen LogP contribution >= 0.6 is 0 Å². The van der Waals surface area contributed by atoms with Gasteiger partial charge >= 0.3 is 6.18 Å². The monoisotopic (exact) mass is 182 g/mol. The van der Waals surface area contributed by atoms with Crippen LogP contribution in [0.2, 0.25) is 0 Å². The predicted octanol–water partition coefficient (Wildman–Crippen LogP) is 2.94. The molecule has 0 radical (unpaired) electrons. The van der Waals surface area contributed by atoms with Crippen molar-refractivity contribution in [1.29, 1.82) is 0 Å². The van der Waals surface area contributed by atoms with Gasteiger partial charge in [0, 0.05) is 6.42 Å². The topological polar surface area (TPSA) is 17.1 Å². The molecule has 0 aromatic heterocycles. The number of rotatable bonds is 4. The van der Waals surface area contributed by atoms with Crippen molar-refractivity contribution in [3.8, 4) is 0 Å². The second-order valence-electron chi connectivity index (χ2n) is 2.83. The molecule has 0 spiro atoms. The highest BCUT2D eigenvalue weighted by Gasteiger charge is 2.40. The van der Waals surface area contributed by atoms with Gasteiger partial charge in [-0.3, -0.25) is 4.79 Å². The van der Waals surface area contributed by atoms with Crippen LogP contribution in [0.4, 0.5) is 13.2 Å². The average molecular weight is 182 g/mol. The minimum Gasteiger partial charge on any atom is -0.299 e. The highest BCUT2D eigenvalue weighted by atomic mass is 19.4. The average Bonchev–Trinajstić information content (AvgIpc) is 1.97. The summed E-state index contributed by atoms with van der Waals surface area (Å²) in [5, 5.41) is 0. The van der Waals surface area contributed by atoms with Crippen molar-refractivity contribution >= 4 is 5.78 Å². The molecule has 0 aromatic rings. The molecule has 0 fully saturated rings. The van der Waals surface area contributed by atoms with E-state index in [2.05, 4.69) is 0 Å². The number of unbranched alkanes of at least 4 members (excludes halogenated alkanes) is 1. The van der Waals surface area contributed by atoms with Gasteiger partial charge in [0.15, 0.2) is 0 Å². The standard InChI is InChI=1S/C8H13F3O/c1-3-4-5-7(12)6(2)8(9,10)11/h6H,3-5H2,1-2H3. The van der Waals surface area contributed by atoms with Crippen molar-refractivity contribution in [2.24, 2.45) is 5.92 Å². The highest BCUT2D eigenvalue weighted by molar-refractivity contribution is 5.81. The number of halogens is 3. The SMILES string of the molecule is CCCCC(=O)C(C)C(F)(F)F. The lowest BCUT2D eigenvalue weighted by molar-refractivity contribution is -0.177. The van der Waals surface area contributed by atoms with E-state index >= 15 is 0 Å². The third-order valence-electron chi connectivity index (χ3n) is 1.75. The van der Waals surface area contributed by atoms with Gasteiger partial charge in [0.1, 0.15) is 11.7 Å². The molecule has 0 aliphatic rings. The molecule has 0 saturated carbocycles. The minimum absolute atomic E-state index is 0.0389. The van der Waals surface area contributed by atoms with Gasteiger partial charge in [-0.25, -0.2) is 0 Å².